The highest BCUT2D eigenvalue weighted by atomic mass is 35.5. The fourth-order valence-corrected chi connectivity index (χ4v) is 7.64. The molecule has 20 heteroatoms. The number of anilines is 2. The summed E-state index contributed by atoms with van der Waals surface area (Å²) in [5.74, 6) is 3.31. The minimum Gasteiger partial charge on any atom is -0.481 e. The van der Waals surface area contributed by atoms with Crippen molar-refractivity contribution in [1.82, 2.24) is 28.5 Å². The summed E-state index contributed by atoms with van der Waals surface area (Å²) >= 11 is 13.4. The Balaban J connectivity index is 0.000000179. The van der Waals surface area contributed by atoms with Crippen LogP contribution >= 0.6 is 34.7 Å². The Kier molecular flexibility index (Phi) is 10.1. The molecule has 2 aromatic carbocycles. The van der Waals surface area contributed by atoms with Crippen LogP contribution in [0.3, 0.4) is 0 Å². The number of fused-ring (bicyclic) bond motifs is 3. The minimum absolute atomic E-state index is 0.0111. The summed E-state index contributed by atoms with van der Waals surface area (Å²) in [6.45, 7) is 6.78. The summed E-state index contributed by atoms with van der Waals surface area (Å²) in [6, 6.07) is 7.41. The normalized spacial score (nSPS) is 14.9. The number of methoxy groups -OCH3 is 2. The van der Waals surface area contributed by atoms with Gasteiger partial charge in [-0.05, 0) is 30.0 Å². The van der Waals surface area contributed by atoms with Gasteiger partial charge in [0.25, 0.3) is 26.9 Å². The fourth-order valence-electron chi connectivity index (χ4n) is 5.34. The van der Waals surface area contributed by atoms with Crippen molar-refractivity contribution in [2.45, 2.75) is 38.9 Å². The number of carbonyl (C=O) groups excluding carboxylic acids is 1. The van der Waals surface area contributed by atoms with Crippen LogP contribution in [0.5, 0.6) is 17.5 Å². The highest BCUT2D eigenvalue weighted by Gasteiger charge is 2.31. The van der Waals surface area contributed by atoms with Gasteiger partial charge in [-0.3, -0.25) is 14.4 Å². The van der Waals surface area contributed by atoms with Crippen LogP contribution in [0.25, 0.3) is 5.78 Å². The fraction of sp³-hybridized carbons (Fsp3) is 0.312. The molecule has 0 radical (unpaired) electrons. The van der Waals surface area contributed by atoms with Crippen molar-refractivity contribution >= 4 is 73.5 Å². The molecule has 2 aliphatic heterocycles. The molecule has 1 N–H and O–H groups in total. The Bertz CT molecular complexity index is 2460. The molecule has 5 heterocycles. The molecule has 0 aliphatic carbocycles. The summed E-state index contributed by atoms with van der Waals surface area (Å²) in [5.41, 5.74) is 1.38. The number of nitrogens with one attached hydrogen (secondary N) is 1. The van der Waals surface area contributed by atoms with Gasteiger partial charge in [-0.1, -0.05) is 49.0 Å². The summed E-state index contributed by atoms with van der Waals surface area (Å²) in [5, 5.41) is 3.74. The summed E-state index contributed by atoms with van der Waals surface area (Å²) in [4.78, 5) is 26.5. The predicted octanol–water partition coefficient (Wildman–Crippen LogP) is 4.81. The van der Waals surface area contributed by atoms with E-state index < -0.39 is 21.0 Å². The second kappa shape index (κ2) is 14.2. The lowest BCUT2D eigenvalue weighted by atomic mass is 9.92. The lowest BCUT2D eigenvalue weighted by Gasteiger charge is -2.28. The number of halogens is 3. The van der Waals surface area contributed by atoms with Gasteiger partial charge in [0, 0.05) is 30.6 Å². The summed E-state index contributed by atoms with van der Waals surface area (Å²) in [6.07, 6.45) is 6.22. The van der Waals surface area contributed by atoms with E-state index in [1.165, 1.54) is 54.9 Å². The molecule has 0 atom stereocenters. The quantitative estimate of drug-likeness (QED) is 0.226. The van der Waals surface area contributed by atoms with Crippen LogP contribution < -0.4 is 28.6 Å². The number of benzene rings is 2. The summed E-state index contributed by atoms with van der Waals surface area (Å²) < 4.78 is 65.3. The number of terminal acetylenes is 1. The van der Waals surface area contributed by atoms with Crippen molar-refractivity contribution in [3.8, 4) is 29.9 Å². The van der Waals surface area contributed by atoms with E-state index in [9.17, 15) is 17.6 Å². The molecule has 0 saturated carbocycles. The first kappa shape index (κ1) is 36.8. The molecule has 1 amide bonds. The lowest BCUT2D eigenvalue weighted by molar-refractivity contribution is -0.121. The number of hydrogen-bond donors (Lipinski definition) is 1. The molecule has 52 heavy (non-hydrogen) atoms. The van der Waals surface area contributed by atoms with E-state index in [1.807, 2.05) is 4.57 Å². The molecule has 0 unspecified atom stereocenters. The number of nitrogens with zero attached hydrogens (tertiary/aromatic N) is 8. The Labute approximate surface area is 311 Å². The van der Waals surface area contributed by atoms with E-state index in [4.69, 9.17) is 43.8 Å². The Morgan fingerprint density at radius 2 is 1.96 bits per heavy atom. The zero-order chi connectivity index (χ0) is 37.5. The number of ether oxygens (including phenoxy) is 3. The smallest absolute Gasteiger partial charge is 0.299 e. The number of rotatable bonds is 7. The SMILES string of the molecule is C#CCN1C(=O)COc2cc(F)c(N=c3snc4n3CC(C)(C)C4)cc21.COc1cc(OC)n2nc(S(=O)(=O)Nc3c(Cl)ccc(C)c3Cl)nc2n1. The van der Waals surface area contributed by atoms with Gasteiger partial charge < -0.3 is 18.8 Å². The highest BCUT2D eigenvalue weighted by Crippen LogP contribution is 2.38. The first-order chi connectivity index (χ1) is 24.6. The monoisotopic (exact) mass is 789 g/mol. The molecule has 0 saturated heterocycles. The van der Waals surface area contributed by atoms with Crippen LogP contribution in [-0.4, -0.2) is 70.2 Å². The lowest BCUT2D eigenvalue weighted by Crippen LogP contribution is -2.39. The van der Waals surface area contributed by atoms with Gasteiger partial charge in [-0.2, -0.15) is 27.3 Å². The molecule has 0 spiro atoms. The van der Waals surface area contributed by atoms with Crippen LogP contribution in [0.1, 0.15) is 25.2 Å². The zero-order valence-corrected chi connectivity index (χ0v) is 31.4. The van der Waals surface area contributed by atoms with Crippen LogP contribution in [0.2, 0.25) is 10.0 Å². The van der Waals surface area contributed by atoms with E-state index in [-0.39, 0.29) is 63.4 Å². The van der Waals surface area contributed by atoms with Crippen molar-refractivity contribution in [1.29, 1.82) is 0 Å². The van der Waals surface area contributed by atoms with Gasteiger partial charge in [0.05, 0.1) is 48.3 Å². The second-order valence-electron chi connectivity index (χ2n) is 12.3. The molecule has 272 valence electrons. The maximum atomic E-state index is 14.5. The standard InChI is InChI=1S/C18H17FN4O2S.C14H13Cl2N5O4S/c1-4-5-22-13-7-12(11(19)6-14(13)25-9-16(22)24)20-17-23-10-18(2,3)8-15(23)21-26-17;1-7-4-5-8(15)12(11(7)16)20-26(22,23)14-18-13-17-9(24-2)6-10(25-3)21(13)19-14/h1,6-7H,5,8-10H2,2-3H3;4-6,20H,1-3H3. The van der Waals surface area contributed by atoms with Crippen molar-refractivity contribution in [2.75, 3.05) is 37.0 Å². The Morgan fingerprint density at radius 1 is 1.19 bits per heavy atom. The first-order valence-electron chi connectivity index (χ1n) is 15.3. The third-order valence-electron chi connectivity index (χ3n) is 7.85. The van der Waals surface area contributed by atoms with E-state index in [1.54, 1.807) is 13.0 Å². The van der Waals surface area contributed by atoms with Gasteiger partial charge in [0.1, 0.15) is 17.3 Å². The van der Waals surface area contributed by atoms with Gasteiger partial charge in [-0.25, -0.2) is 9.38 Å². The predicted molar refractivity (Wildman–Crippen MR) is 192 cm³/mol. The molecular weight excluding hydrogens is 760 g/mol. The number of amides is 1. The Morgan fingerprint density at radius 3 is 2.67 bits per heavy atom. The number of hydrogen-bond acceptors (Lipinski definition) is 12. The third kappa shape index (κ3) is 7.21. The van der Waals surface area contributed by atoms with Gasteiger partial charge >= 0.3 is 0 Å². The number of aromatic nitrogens is 6. The van der Waals surface area contributed by atoms with Crippen LogP contribution in [-0.2, 0) is 27.8 Å². The largest absolute Gasteiger partial charge is 0.481 e. The molecule has 5 aromatic rings. The van der Waals surface area contributed by atoms with Crippen LogP contribution in [0, 0.1) is 30.5 Å². The topological polar surface area (TPSA) is 167 Å². The van der Waals surface area contributed by atoms with E-state index in [0.717, 1.165) is 23.3 Å². The van der Waals surface area contributed by atoms with Crippen molar-refractivity contribution in [3.63, 3.8) is 0 Å². The van der Waals surface area contributed by atoms with E-state index >= 15 is 0 Å². The van der Waals surface area contributed by atoms with Gasteiger partial charge in [-0.15, -0.1) is 11.5 Å². The first-order valence-corrected chi connectivity index (χ1v) is 18.3. The molecule has 0 bridgehead atoms. The third-order valence-corrected chi connectivity index (χ3v) is 10.6. The summed E-state index contributed by atoms with van der Waals surface area (Å²) in [7, 11) is -1.37. The molecule has 0 fully saturated rings. The maximum Gasteiger partial charge on any atom is 0.299 e. The highest BCUT2D eigenvalue weighted by molar-refractivity contribution is 7.92. The number of aryl methyl sites for hydroxylation is 1. The van der Waals surface area contributed by atoms with Gasteiger partial charge in [0.15, 0.2) is 12.4 Å². The van der Waals surface area contributed by atoms with E-state index in [2.05, 4.69) is 48.9 Å². The van der Waals surface area contributed by atoms with Crippen molar-refractivity contribution in [2.24, 2.45) is 10.4 Å². The van der Waals surface area contributed by atoms with Crippen molar-refractivity contribution in [3.05, 3.63) is 62.4 Å². The van der Waals surface area contributed by atoms with Crippen molar-refractivity contribution < 1.29 is 31.8 Å². The average molecular weight is 791 g/mol. The minimum atomic E-state index is -4.18. The number of sulfonamides is 1. The zero-order valence-electron chi connectivity index (χ0n) is 28.3. The second-order valence-corrected chi connectivity index (χ2v) is 15.4. The van der Waals surface area contributed by atoms with Crippen LogP contribution in [0.15, 0.2) is 40.5 Å². The molecule has 7 rings (SSSR count). The average Bonchev–Trinajstić information content (AvgIpc) is 3.79. The number of carbonyl (C=O) groups is 1. The maximum absolute atomic E-state index is 14.5. The van der Waals surface area contributed by atoms with Gasteiger partial charge in [0.2, 0.25) is 16.6 Å². The van der Waals surface area contributed by atoms with Crippen LogP contribution in [0.4, 0.5) is 21.5 Å². The molecule has 15 nitrogen and oxygen atoms in total. The molecule has 2 aliphatic rings. The van der Waals surface area contributed by atoms with E-state index in [0.29, 0.717) is 21.8 Å². The molecule has 3 aromatic heterocycles. The molecular formula is C32H30Cl2FN9O6S2. The Hall–Kier alpha value is -4.96.